The van der Waals surface area contributed by atoms with Gasteiger partial charge in [0, 0.05) is 3.57 Å². The second-order valence-corrected chi connectivity index (χ2v) is 5.37. The highest BCUT2D eigenvalue weighted by Crippen LogP contribution is 2.22. The third-order valence-electron chi connectivity index (χ3n) is 2.36. The van der Waals surface area contributed by atoms with Crippen molar-refractivity contribution in [1.29, 1.82) is 0 Å². The Morgan fingerprint density at radius 2 is 2.21 bits per heavy atom. The Morgan fingerprint density at radius 1 is 1.50 bits per heavy atom. The summed E-state index contributed by atoms with van der Waals surface area (Å²) >= 11 is -0.0609. The van der Waals surface area contributed by atoms with E-state index < -0.39 is 0 Å². The van der Waals surface area contributed by atoms with Crippen molar-refractivity contribution in [3.05, 3.63) is 38.5 Å². The number of halogens is 1. The zero-order chi connectivity index (χ0) is 10.6. The monoisotopic (exact) mass is 300 g/mol. The first kappa shape index (κ1) is 11.6. The number of aryl methyl sites for hydroxylation is 1. The molecule has 1 aromatic rings. The molecule has 0 radical (unpaired) electrons. The molecular formula is C13H17I. The van der Waals surface area contributed by atoms with Crippen LogP contribution >= 0.6 is 20.7 Å². The van der Waals surface area contributed by atoms with E-state index in [-0.39, 0.29) is 20.7 Å². The maximum atomic E-state index is 4.07. The minimum absolute atomic E-state index is 0.0609. The first-order valence-corrected chi connectivity index (χ1v) is 7.44. The summed E-state index contributed by atoms with van der Waals surface area (Å²) in [6.07, 6.45) is 3.44. The van der Waals surface area contributed by atoms with E-state index in [1.54, 1.807) is 0 Å². The van der Waals surface area contributed by atoms with Gasteiger partial charge in [-0.2, -0.15) is 0 Å². The molecule has 0 bridgehead atoms. The molecule has 14 heavy (non-hydrogen) atoms. The first-order chi connectivity index (χ1) is 6.69. The molecule has 0 atom stereocenters. The fourth-order valence-corrected chi connectivity index (χ4v) is 2.75. The third-order valence-corrected chi connectivity index (χ3v) is 4.13. The first-order valence-electron chi connectivity index (χ1n) is 4.84. The Kier molecular flexibility index (Phi) is 4.52. The Hall–Kier alpha value is -0.440. The molecule has 0 aliphatic heterocycles. The van der Waals surface area contributed by atoms with Crippen LogP contribution in [0.5, 0.6) is 0 Å². The van der Waals surface area contributed by atoms with Crippen LogP contribution in [0.3, 0.4) is 0 Å². The molecule has 76 valence electrons. The molecule has 0 aromatic heterocycles. The van der Waals surface area contributed by atoms with Crippen molar-refractivity contribution in [3.8, 4) is 0 Å². The second kappa shape index (κ2) is 5.44. The van der Waals surface area contributed by atoms with Crippen LogP contribution in [-0.2, 0) is 0 Å². The van der Waals surface area contributed by atoms with Crippen molar-refractivity contribution in [2.45, 2.75) is 27.2 Å². The van der Waals surface area contributed by atoms with Crippen LogP contribution in [0, 0.1) is 10.5 Å². The molecular weight excluding hydrogens is 283 g/mol. The zero-order valence-corrected chi connectivity index (χ0v) is 11.3. The molecule has 0 aliphatic carbocycles. The number of benzene rings is 1. The lowest BCUT2D eigenvalue weighted by atomic mass is 10.1. The van der Waals surface area contributed by atoms with Crippen molar-refractivity contribution < 1.29 is 0 Å². The topological polar surface area (TPSA) is 0 Å². The van der Waals surface area contributed by atoms with E-state index in [1.807, 2.05) is 0 Å². The van der Waals surface area contributed by atoms with Crippen molar-refractivity contribution >= 4 is 31.3 Å². The van der Waals surface area contributed by atoms with Crippen molar-refractivity contribution in [1.82, 2.24) is 0 Å². The molecule has 1 heteroatoms. The highest BCUT2D eigenvalue weighted by molar-refractivity contribution is 14.2. The largest absolute Gasteiger partial charge is 0.0930 e. The van der Waals surface area contributed by atoms with Gasteiger partial charge in [-0.25, -0.2) is 0 Å². The summed E-state index contributed by atoms with van der Waals surface area (Å²) in [5.41, 5.74) is 4.23. The fraction of sp³-hybridized carbons (Fsp3) is 0.308. The Balaban J connectivity index is 3.24. The van der Waals surface area contributed by atoms with Gasteiger partial charge in [0.1, 0.15) is 0 Å². The van der Waals surface area contributed by atoms with Gasteiger partial charge >= 0.3 is 0 Å². The molecule has 0 unspecified atom stereocenters. The molecule has 0 N–H and O–H groups in total. The molecule has 0 saturated heterocycles. The van der Waals surface area contributed by atoms with Crippen molar-refractivity contribution in [3.63, 3.8) is 0 Å². The third kappa shape index (κ3) is 2.77. The Labute approximate surface area is 96.8 Å². The molecule has 0 aliphatic rings. The fourth-order valence-electron chi connectivity index (χ4n) is 1.29. The number of hydrogen-bond donors (Lipinski definition) is 0. The molecule has 0 heterocycles. The SMILES string of the molecule is C=Ic1cccc(C)c1/C=C(/C)CC. The van der Waals surface area contributed by atoms with Gasteiger partial charge in [-0.05, 0) is 37.5 Å². The average molecular weight is 300 g/mol. The van der Waals surface area contributed by atoms with Gasteiger partial charge < -0.3 is 0 Å². The van der Waals surface area contributed by atoms with E-state index in [4.69, 9.17) is 0 Å². The number of hydrogen-bond acceptors (Lipinski definition) is 0. The van der Waals surface area contributed by atoms with Gasteiger partial charge in [0.05, 0.1) is 0 Å². The molecule has 1 aromatic carbocycles. The van der Waals surface area contributed by atoms with E-state index in [9.17, 15) is 0 Å². The van der Waals surface area contributed by atoms with Gasteiger partial charge in [0.2, 0.25) is 0 Å². The summed E-state index contributed by atoms with van der Waals surface area (Å²) in [5, 5.41) is 0. The smallest absolute Gasteiger partial charge is 0.0147 e. The minimum atomic E-state index is -0.0609. The molecule has 0 amide bonds. The molecule has 0 nitrogen and oxygen atoms in total. The maximum absolute atomic E-state index is 4.07. The zero-order valence-electron chi connectivity index (χ0n) is 9.10. The van der Waals surface area contributed by atoms with E-state index in [0.717, 1.165) is 6.42 Å². The van der Waals surface area contributed by atoms with Gasteiger partial charge in [0.15, 0.2) is 0 Å². The van der Waals surface area contributed by atoms with Crippen LogP contribution in [0.1, 0.15) is 31.4 Å². The predicted octanol–water partition coefficient (Wildman–Crippen LogP) is 4.38. The highest BCUT2D eigenvalue weighted by atomic mass is 127. The lowest BCUT2D eigenvalue weighted by molar-refractivity contribution is 1.11. The Bertz CT molecular complexity index is 361. The summed E-state index contributed by atoms with van der Waals surface area (Å²) in [4.78, 5) is 0. The standard InChI is InChI=1S/C13H17I/c1-5-10(2)9-12-11(3)7-6-8-13(12)14-4/h6-9H,4-5H2,1-3H3/b10-9-. The van der Waals surface area contributed by atoms with Crippen LogP contribution in [0.25, 0.3) is 6.08 Å². The van der Waals surface area contributed by atoms with Gasteiger partial charge in [0.25, 0.3) is 0 Å². The molecule has 0 fully saturated rings. The van der Waals surface area contributed by atoms with Crippen LogP contribution in [0.4, 0.5) is 0 Å². The highest BCUT2D eigenvalue weighted by Gasteiger charge is 2.00. The Morgan fingerprint density at radius 3 is 2.79 bits per heavy atom. The van der Waals surface area contributed by atoms with Crippen molar-refractivity contribution in [2.75, 3.05) is 0 Å². The van der Waals surface area contributed by atoms with Gasteiger partial charge in [-0.15, -0.1) is 0 Å². The van der Waals surface area contributed by atoms with E-state index in [2.05, 4.69) is 49.6 Å². The average Bonchev–Trinajstić information content (AvgIpc) is 2.20. The number of rotatable bonds is 3. The number of allylic oxidation sites excluding steroid dienone is 1. The predicted molar refractivity (Wildman–Crippen MR) is 75.0 cm³/mol. The maximum Gasteiger partial charge on any atom is 0.0147 e. The van der Waals surface area contributed by atoms with Crippen molar-refractivity contribution in [2.24, 2.45) is 0 Å². The summed E-state index contributed by atoms with van der Waals surface area (Å²) in [6.45, 7) is 6.57. The summed E-state index contributed by atoms with van der Waals surface area (Å²) < 4.78 is 5.53. The van der Waals surface area contributed by atoms with E-state index >= 15 is 0 Å². The van der Waals surface area contributed by atoms with E-state index in [0.29, 0.717) is 0 Å². The minimum Gasteiger partial charge on any atom is -0.0930 e. The lowest BCUT2D eigenvalue weighted by Crippen LogP contribution is -1.86. The van der Waals surface area contributed by atoms with Crippen LogP contribution < -0.4 is 0 Å². The van der Waals surface area contributed by atoms with Crippen LogP contribution in [0.2, 0.25) is 0 Å². The lowest BCUT2D eigenvalue weighted by Gasteiger charge is -2.05. The summed E-state index contributed by atoms with van der Waals surface area (Å²) in [6, 6.07) is 6.52. The van der Waals surface area contributed by atoms with Crippen LogP contribution in [-0.4, -0.2) is 4.51 Å². The second-order valence-electron chi connectivity index (χ2n) is 3.45. The summed E-state index contributed by atoms with van der Waals surface area (Å²) in [5.74, 6) is 0. The van der Waals surface area contributed by atoms with Gasteiger partial charge in [-0.1, -0.05) is 56.0 Å². The van der Waals surface area contributed by atoms with Crippen LogP contribution in [0.15, 0.2) is 23.8 Å². The normalized spacial score (nSPS) is 11.8. The van der Waals surface area contributed by atoms with Gasteiger partial charge in [-0.3, -0.25) is 0 Å². The molecule has 1 rings (SSSR count). The molecule has 0 spiro atoms. The van der Waals surface area contributed by atoms with E-state index in [1.165, 1.54) is 20.3 Å². The quantitative estimate of drug-likeness (QED) is 0.727. The molecule has 0 saturated carbocycles. The summed E-state index contributed by atoms with van der Waals surface area (Å²) in [7, 11) is 0.